The van der Waals surface area contributed by atoms with E-state index in [2.05, 4.69) is 0 Å². The van der Waals surface area contributed by atoms with Crippen LogP contribution in [0.1, 0.15) is 6.42 Å². The monoisotopic (exact) mass is 272 g/mol. The van der Waals surface area contributed by atoms with Crippen molar-refractivity contribution >= 4 is 20.2 Å². The lowest BCUT2D eigenvalue weighted by Gasteiger charge is -2.27. The van der Waals surface area contributed by atoms with E-state index in [9.17, 15) is 21.9 Å². The van der Waals surface area contributed by atoms with Crippen molar-refractivity contribution in [3.05, 3.63) is 22.8 Å². The SMILES string of the molecule is O=S(=O)(O)C1=CC=C(O)CC1(O)S(=O)(=O)O. The Bertz CT molecular complexity index is 566. The zero-order valence-corrected chi connectivity index (χ0v) is 9.23. The zero-order valence-electron chi connectivity index (χ0n) is 7.60. The molecule has 16 heavy (non-hydrogen) atoms. The molecule has 1 aliphatic rings. The summed E-state index contributed by atoms with van der Waals surface area (Å²) in [4.78, 5) is -4.60. The van der Waals surface area contributed by atoms with Crippen LogP contribution < -0.4 is 0 Å². The van der Waals surface area contributed by atoms with Crippen molar-refractivity contribution in [3.8, 4) is 0 Å². The molecule has 1 aliphatic carbocycles. The minimum atomic E-state index is -5.24. The molecule has 0 radical (unpaired) electrons. The average Bonchev–Trinajstić information content (AvgIpc) is 1.98. The summed E-state index contributed by atoms with van der Waals surface area (Å²) < 4.78 is 60.7. The maximum Gasteiger partial charge on any atom is 0.300 e. The predicted molar refractivity (Wildman–Crippen MR) is 51.5 cm³/mol. The molecule has 8 nitrogen and oxygen atoms in total. The first-order valence-electron chi connectivity index (χ1n) is 3.76. The van der Waals surface area contributed by atoms with Crippen LogP contribution in [-0.2, 0) is 20.2 Å². The van der Waals surface area contributed by atoms with Gasteiger partial charge in [0.15, 0.2) is 0 Å². The second-order valence-corrected chi connectivity index (χ2v) is 6.12. The van der Waals surface area contributed by atoms with Gasteiger partial charge >= 0.3 is 10.1 Å². The molecule has 0 aromatic carbocycles. The van der Waals surface area contributed by atoms with Crippen molar-refractivity contribution in [2.45, 2.75) is 11.4 Å². The Morgan fingerprint density at radius 2 is 1.62 bits per heavy atom. The van der Waals surface area contributed by atoms with Crippen LogP contribution in [0.5, 0.6) is 0 Å². The maximum atomic E-state index is 10.9. The summed E-state index contributed by atoms with van der Waals surface area (Å²) in [6.45, 7) is 0. The lowest BCUT2D eigenvalue weighted by Crippen LogP contribution is -2.44. The number of aliphatic hydroxyl groups is 2. The average molecular weight is 272 g/mol. The van der Waals surface area contributed by atoms with Gasteiger partial charge < -0.3 is 10.2 Å². The lowest BCUT2D eigenvalue weighted by molar-refractivity contribution is 0.137. The van der Waals surface area contributed by atoms with E-state index < -0.39 is 42.3 Å². The molecule has 0 saturated heterocycles. The van der Waals surface area contributed by atoms with E-state index >= 15 is 0 Å². The van der Waals surface area contributed by atoms with Crippen LogP contribution in [0.4, 0.5) is 0 Å². The number of hydrogen-bond acceptors (Lipinski definition) is 6. The molecule has 0 aliphatic heterocycles. The Hall–Kier alpha value is -0.940. The van der Waals surface area contributed by atoms with Crippen LogP contribution in [-0.4, -0.2) is 41.1 Å². The third-order valence-corrected chi connectivity index (χ3v) is 4.31. The highest BCUT2D eigenvalue weighted by molar-refractivity contribution is 7.93. The van der Waals surface area contributed by atoms with Crippen LogP contribution in [0, 0.1) is 0 Å². The number of rotatable bonds is 2. The van der Waals surface area contributed by atoms with Crippen molar-refractivity contribution in [1.29, 1.82) is 0 Å². The summed E-state index contributed by atoms with van der Waals surface area (Å²) in [6.07, 6.45) is 0.197. The number of allylic oxidation sites excluding steroid dienone is 2. The molecule has 0 heterocycles. The van der Waals surface area contributed by atoms with Crippen molar-refractivity contribution in [1.82, 2.24) is 0 Å². The molecule has 1 rings (SSSR count). The van der Waals surface area contributed by atoms with Crippen molar-refractivity contribution < 1.29 is 36.2 Å². The quantitative estimate of drug-likeness (QED) is 0.476. The second-order valence-electron chi connectivity index (χ2n) is 3.10. The van der Waals surface area contributed by atoms with Gasteiger partial charge in [-0.2, -0.15) is 16.8 Å². The molecule has 1 unspecified atom stereocenters. The van der Waals surface area contributed by atoms with Crippen molar-refractivity contribution in [2.75, 3.05) is 0 Å². The van der Waals surface area contributed by atoms with E-state index in [-0.39, 0.29) is 0 Å². The highest BCUT2D eigenvalue weighted by Crippen LogP contribution is 2.35. The highest BCUT2D eigenvalue weighted by atomic mass is 32.2. The normalized spacial score (nSPS) is 27.2. The van der Waals surface area contributed by atoms with Crippen LogP contribution in [0.2, 0.25) is 0 Å². The van der Waals surface area contributed by atoms with Gasteiger partial charge in [0.2, 0.25) is 4.93 Å². The van der Waals surface area contributed by atoms with Gasteiger partial charge in [-0.1, -0.05) is 0 Å². The Morgan fingerprint density at radius 3 is 2.00 bits per heavy atom. The van der Waals surface area contributed by atoms with E-state index in [0.29, 0.717) is 6.08 Å². The van der Waals surface area contributed by atoms with E-state index in [1.807, 2.05) is 0 Å². The van der Waals surface area contributed by atoms with Crippen LogP contribution >= 0.6 is 0 Å². The fourth-order valence-electron chi connectivity index (χ4n) is 1.20. The highest BCUT2D eigenvalue weighted by Gasteiger charge is 2.51. The van der Waals surface area contributed by atoms with Gasteiger partial charge in [0.25, 0.3) is 10.1 Å². The second kappa shape index (κ2) is 3.53. The van der Waals surface area contributed by atoms with Crippen LogP contribution in [0.15, 0.2) is 22.8 Å². The van der Waals surface area contributed by atoms with E-state index in [4.69, 9.17) is 14.2 Å². The summed E-state index contributed by atoms with van der Waals surface area (Å²) in [6, 6.07) is 0. The Morgan fingerprint density at radius 1 is 1.12 bits per heavy atom. The zero-order chi connectivity index (χ0) is 12.8. The van der Waals surface area contributed by atoms with Gasteiger partial charge in [-0.05, 0) is 12.2 Å². The largest absolute Gasteiger partial charge is 0.512 e. The summed E-state index contributed by atoms with van der Waals surface area (Å²) >= 11 is 0. The molecular weight excluding hydrogens is 264 g/mol. The summed E-state index contributed by atoms with van der Waals surface area (Å²) in [7, 11) is -10.3. The fourth-order valence-corrected chi connectivity index (χ4v) is 3.20. The molecule has 0 saturated carbocycles. The molecule has 4 N–H and O–H groups in total. The standard InChI is InChI=1S/C6H8O8S2/c7-4-1-2-5(15(9,10)11)6(8,3-4)16(12,13)14/h1-2,7-8H,3H2,(H,9,10,11)(H,12,13,14). The van der Waals surface area contributed by atoms with Crippen molar-refractivity contribution in [3.63, 3.8) is 0 Å². The van der Waals surface area contributed by atoms with Crippen molar-refractivity contribution in [2.24, 2.45) is 0 Å². The van der Waals surface area contributed by atoms with Gasteiger partial charge in [-0.25, -0.2) is 0 Å². The minimum Gasteiger partial charge on any atom is -0.512 e. The molecule has 92 valence electrons. The molecule has 0 spiro atoms. The van der Waals surface area contributed by atoms with E-state index in [1.165, 1.54) is 0 Å². The Kier molecular flexibility index (Phi) is 2.90. The summed E-state index contributed by atoms with van der Waals surface area (Å²) in [5.74, 6) is -0.660. The fraction of sp³-hybridized carbons (Fsp3) is 0.333. The first kappa shape index (κ1) is 13.1. The third kappa shape index (κ3) is 2.10. The van der Waals surface area contributed by atoms with Gasteiger partial charge in [-0.3, -0.25) is 9.11 Å². The minimum absolute atomic E-state index is 0.488. The number of hydrogen-bond donors (Lipinski definition) is 4. The molecule has 1 atom stereocenters. The van der Waals surface area contributed by atoms with Crippen LogP contribution in [0.25, 0.3) is 0 Å². The van der Waals surface area contributed by atoms with Gasteiger partial charge in [0, 0.05) is 0 Å². The first-order chi connectivity index (χ1) is 6.98. The molecule has 0 fully saturated rings. The Balaban J connectivity index is 3.55. The molecule has 0 amide bonds. The molecule has 10 heteroatoms. The van der Waals surface area contributed by atoms with Gasteiger partial charge in [0.1, 0.15) is 4.91 Å². The molecule has 0 aromatic heterocycles. The molecule has 0 bridgehead atoms. The van der Waals surface area contributed by atoms with E-state index in [1.54, 1.807) is 0 Å². The summed E-state index contributed by atoms with van der Waals surface area (Å²) in [5, 5.41) is 18.5. The third-order valence-electron chi connectivity index (χ3n) is 1.94. The summed E-state index contributed by atoms with van der Waals surface area (Å²) in [5.41, 5.74) is 0. The number of aliphatic hydroxyl groups excluding tert-OH is 1. The van der Waals surface area contributed by atoms with Crippen LogP contribution in [0.3, 0.4) is 0 Å². The smallest absolute Gasteiger partial charge is 0.300 e. The first-order valence-corrected chi connectivity index (χ1v) is 6.64. The van der Waals surface area contributed by atoms with Gasteiger partial charge in [0.05, 0.1) is 12.2 Å². The molecular formula is C6H8O8S2. The Labute approximate surface area is 91.0 Å². The van der Waals surface area contributed by atoms with Gasteiger partial charge in [-0.15, -0.1) is 0 Å². The van der Waals surface area contributed by atoms with E-state index in [0.717, 1.165) is 6.08 Å². The maximum absolute atomic E-state index is 10.9. The predicted octanol–water partition coefficient (Wildman–Crippen LogP) is -0.820. The topological polar surface area (TPSA) is 149 Å². The lowest BCUT2D eigenvalue weighted by atomic mass is 10.1. The molecule has 0 aromatic rings.